The van der Waals surface area contributed by atoms with E-state index in [1.807, 2.05) is 0 Å². The summed E-state index contributed by atoms with van der Waals surface area (Å²) in [6, 6.07) is 1.12. The molecule has 2 aromatic heterocycles. The van der Waals surface area contributed by atoms with Crippen LogP contribution >= 0.6 is 11.3 Å². The first kappa shape index (κ1) is 27.5. The van der Waals surface area contributed by atoms with Crippen molar-refractivity contribution in [2.45, 2.75) is 102 Å². The van der Waals surface area contributed by atoms with Crippen LogP contribution in [0.2, 0.25) is 18.1 Å². The smallest absolute Gasteiger partial charge is 0.220 e. The molecule has 9 heteroatoms. The molecule has 36 heavy (non-hydrogen) atoms. The summed E-state index contributed by atoms with van der Waals surface area (Å²) in [4.78, 5) is 26.9. The molecular formula is C27H45N5O2SSi. The minimum Gasteiger partial charge on any atom is -0.415 e. The number of hydrogen-bond acceptors (Lipinski definition) is 7. The fraction of sp³-hybridized carbons (Fsp3) is 0.741. The second kappa shape index (κ2) is 11.1. The van der Waals surface area contributed by atoms with Crippen LogP contribution in [0.5, 0.6) is 0 Å². The van der Waals surface area contributed by atoms with Crippen LogP contribution in [0.3, 0.4) is 0 Å². The van der Waals surface area contributed by atoms with Crippen molar-refractivity contribution in [2.24, 2.45) is 0 Å². The van der Waals surface area contributed by atoms with E-state index in [0.29, 0.717) is 31.7 Å². The van der Waals surface area contributed by atoms with E-state index in [2.05, 4.69) is 73.5 Å². The van der Waals surface area contributed by atoms with Crippen LogP contribution in [0.1, 0.15) is 75.7 Å². The third-order valence-corrected chi connectivity index (χ3v) is 14.3. The molecule has 0 saturated heterocycles. The third kappa shape index (κ3) is 6.11. The van der Waals surface area contributed by atoms with Gasteiger partial charge >= 0.3 is 0 Å². The molecule has 0 bridgehead atoms. The maximum absolute atomic E-state index is 12.9. The van der Waals surface area contributed by atoms with Gasteiger partial charge in [-0.05, 0) is 82.2 Å². The van der Waals surface area contributed by atoms with Crippen LogP contribution in [0, 0.1) is 0 Å². The van der Waals surface area contributed by atoms with Gasteiger partial charge in [0, 0.05) is 29.9 Å². The number of amides is 1. The molecule has 7 nitrogen and oxygen atoms in total. The van der Waals surface area contributed by atoms with Crippen LogP contribution < -0.4 is 10.6 Å². The molecule has 0 aliphatic heterocycles. The molecule has 200 valence electrons. The molecule has 2 aliphatic rings. The van der Waals surface area contributed by atoms with Gasteiger partial charge in [-0.25, -0.2) is 9.97 Å². The number of thiophene rings is 1. The minimum atomic E-state index is -1.79. The summed E-state index contributed by atoms with van der Waals surface area (Å²) >= 11 is 1.78. The van der Waals surface area contributed by atoms with Gasteiger partial charge in [0.25, 0.3) is 0 Å². The maximum Gasteiger partial charge on any atom is 0.220 e. The largest absolute Gasteiger partial charge is 0.415 e. The number of hydrogen-bond donors (Lipinski definition) is 2. The predicted octanol–water partition coefficient (Wildman–Crippen LogP) is 5.53. The highest BCUT2D eigenvalue weighted by Gasteiger charge is 2.37. The van der Waals surface area contributed by atoms with Crippen LogP contribution in [0.4, 0.5) is 5.82 Å². The van der Waals surface area contributed by atoms with Crippen molar-refractivity contribution >= 4 is 41.6 Å². The predicted molar refractivity (Wildman–Crippen MR) is 153 cm³/mol. The Hall–Kier alpha value is -1.55. The highest BCUT2D eigenvalue weighted by atomic mass is 32.1. The average molecular weight is 532 g/mol. The lowest BCUT2D eigenvalue weighted by Gasteiger charge is -2.36. The lowest BCUT2D eigenvalue weighted by Crippen LogP contribution is -2.42. The summed E-state index contributed by atoms with van der Waals surface area (Å²) in [5.41, 5.74) is 1.31. The zero-order chi connectivity index (χ0) is 26.1. The first-order chi connectivity index (χ1) is 17.0. The number of aryl methyl sites for hydroxylation is 1. The van der Waals surface area contributed by atoms with Crippen molar-refractivity contribution in [3.05, 3.63) is 16.8 Å². The Morgan fingerprint density at radius 1 is 1.17 bits per heavy atom. The van der Waals surface area contributed by atoms with Gasteiger partial charge in [-0.1, -0.05) is 20.8 Å². The molecule has 0 aromatic carbocycles. The van der Waals surface area contributed by atoms with Gasteiger partial charge in [0.15, 0.2) is 8.32 Å². The summed E-state index contributed by atoms with van der Waals surface area (Å²) in [6.45, 7) is 12.4. The fourth-order valence-corrected chi connectivity index (χ4v) is 7.61. The number of carbonyl (C=O) groups excluding carboxylic acids is 1. The van der Waals surface area contributed by atoms with Gasteiger partial charge < -0.3 is 20.0 Å². The molecule has 0 radical (unpaired) electrons. The SMILES string of the molecule is CN(C)C1CCC(Nc2ncnc3sc4c(c23)C(CC(=O)NCCO[Si](C)(C)C(C)(C)C)CC4)CC1. The molecule has 4 rings (SSSR count). The number of rotatable bonds is 9. The van der Waals surface area contributed by atoms with Gasteiger partial charge in [0.05, 0.1) is 12.0 Å². The van der Waals surface area contributed by atoms with Crippen LogP contribution in [-0.4, -0.2) is 68.4 Å². The van der Waals surface area contributed by atoms with Crippen molar-refractivity contribution in [1.82, 2.24) is 20.2 Å². The van der Waals surface area contributed by atoms with Gasteiger partial charge in [0.2, 0.25) is 5.91 Å². The zero-order valence-electron chi connectivity index (χ0n) is 23.2. The second-order valence-electron chi connectivity index (χ2n) is 12.4. The molecule has 1 fully saturated rings. The monoisotopic (exact) mass is 531 g/mol. The molecule has 2 heterocycles. The lowest BCUT2D eigenvalue weighted by atomic mass is 9.90. The third-order valence-electron chi connectivity index (χ3n) is 8.62. The Morgan fingerprint density at radius 2 is 1.89 bits per heavy atom. The average Bonchev–Trinajstić information content (AvgIpc) is 3.36. The van der Waals surface area contributed by atoms with E-state index in [9.17, 15) is 4.79 Å². The van der Waals surface area contributed by atoms with Crippen LogP contribution in [0.25, 0.3) is 10.2 Å². The topological polar surface area (TPSA) is 79.4 Å². The number of aromatic nitrogens is 2. The highest BCUT2D eigenvalue weighted by Crippen LogP contribution is 2.47. The van der Waals surface area contributed by atoms with Gasteiger partial charge in [0.1, 0.15) is 17.0 Å². The highest BCUT2D eigenvalue weighted by molar-refractivity contribution is 7.19. The summed E-state index contributed by atoms with van der Waals surface area (Å²) in [5.74, 6) is 1.30. The normalized spacial score (nSPS) is 22.7. The molecule has 2 aromatic rings. The van der Waals surface area contributed by atoms with Crippen molar-refractivity contribution < 1.29 is 9.22 Å². The van der Waals surface area contributed by atoms with Crippen molar-refractivity contribution in [3.63, 3.8) is 0 Å². The Kier molecular flexibility index (Phi) is 8.44. The van der Waals surface area contributed by atoms with Gasteiger partial charge in [-0.3, -0.25) is 4.79 Å². The van der Waals surface area contributed by atoms with E-state index in [-0.39, 0.29) is 16.9 Å². The standard InChI is InChI=1S/C27H45N5O2SSi/c1-27(2,3)36(6,7)34-15-14-28-22(33)16-18-8-13-21-23(18)24-25(29-17-30-26(24)35-21)31-19-9-11-20(12-10-19)32(4)5/h17-20H,8-16H2,1-7H3,(H,28,33)(H,29,30,31). The maximum atomic E-state index is 12.9. The number of carbonyl (C=O) groups is 1. The Bertz CT molecular complexity index is 1060. The Morgan fingerprint density at radius 3 is 2.56 bits per heavy atom. The number of fused-ring (bicyclic) bond motifs is 3. The summed E-state index contributed by atoms with van der Waals surface area (Å²) in [7, 11) is 2.57. The summed E-state index contributed by atoms with van der Waals surface area (Å²) in [6.07, 6.45) is 8.98. The first-order valence-electron chi connectivity index (χ1n) is 13.6. The minimum absolute atomic E-state index is 0.111. The Labute approximate surface area is 221 Å². The zero-order valence-corrected chi connectivity index (χ0v) is 25.1. The molecule has 0 spiro atoms. The molecular weight excluding hydrogens is 486 g/mol. The number of nitrogens with one attached hydrogen (secondary N) is 2. The quantitative estimate of drug-likeness (QED) is 0.327. The van der Waals surface area contributed by atoms with Crippen molar-refractivity contribution in [2.75, 3.05) is 32.6 Å². The first-order valence-corrected chi connectivity index (χ1v) is 17.3. The Balaban J connectivity index is 1.38. The summed E-state index contributed by atoms with van der Waals surface area (Å²) in [5, 5.41) is 8.21. The van der Waals surface area contributed by atoms with E-state index in [4.69, 9.17) is 4.43 Å². The molecule has 1 saturated carbocycles. The van der Waals surface area contributed by atoms with Crippen molar-refractivity contribution in [3.8, 4) is 0 Å². The molecule has 1 unspecified atom stereocenters. The van der Waals surface area contributed by atoms with Crippen LogP contribution in [0.15, 0.2) is 6.33 Å². The van der Waals surface area contributed by atoms with E-state index < -0.39 is 8.32 Å². The van der Waals surface area contributed by atoms with E-state index in [1.165, 1.54) is 23.3 Å². The van der Waals surface area contributed by atoms with Crippen LogP contribution in [-0.2, 0) is 15.6 Å². The molecule has 1 amide bonds. The van der Waals surface area contributed by atoms with E-state index in [0.717, 1.165) is 41.7 Å². The van der Waals surface area contributed by atoms with Gasteiger partial charge in [-0.2, -0.15) is 0 Å². The fourth-order valence-electron chi connectivity index (χ4n) is 5.32. The second-order valence-corrected chi connectivity index (χ2v) is 18.2. The lowest BCUT2D eigenvalue weighted by molar-refractivity contribution is -0.121. The molecule has 2 aliphatic carbocycles. The van der Waals surface area contributed by atoms with Gasteiger partial charge in [-0.15, -0.1) is 11.3 Å². The number of nitrogens with zero attached hydrogens (tertiary/aromatic N) is 3. The summed E-state index contributed by atoms with van der Waals surface area (Å²) < 4.78 is 6.22. The van der Waals surface area contributed by atoms with E-state index in [1.54, 1.807) is 17.7 Å². The molecule has 1 atom stereocenters. The molecule has 2 N–H and O–H groups in total. The van der Waals surface area contributed by atoms with Crippen molar-refractivity contribution in [1.29, 1.82) is 0 Å². The number of anilines is 1. The van der Waals surface area contributed by atoms with E-state index >= 15 is 0 Å².